The van der Waals surface area contributed by atoms with Crippen molar-refractivity contribution in [3.8, 4) is 17.1 Å². The molecule has 21 heavy (non-hydrogen) atoms. The number of alkyl halides is 2. The molecule has 0 unspecified atom stereocenters. The van der Waals surface area contributed by atoms with Crippen molar-refractivity contribution in [2.24, 2.45) is 0 Å². The number of nitrogens with zero attached hydrogens (tertiary/aromatic N) is 2. The van der Waals surface area contributed by atoms with E-state index in [9.17, 15) is 8.78 Å². The van der Waals surface area contributed by atoms with Gasteiger partial charge < -0.3 is 9.47 Å². The van der Waals surface area contributed by atoms with Crippen LogP contribution in [0.2, 0.25) is 5.15 Å². The van der Waals surface area contributed by atoms with Gasteiger partial charge in [-0.05, 0) is 34.7 Å². The average Bonchev–Trinajstić information content (AvgIpc) is 2.44. The molecule has 4 nitrogen and oxygen atoms in total. The SMILES string of the molecule is COCc1nc(-c2ccccc2OC(F)F)nc(Cl)c1I. The highest BCUT2D eigenvalue weighted by Crippen LogP contribution is 2.31. The van der Waals surface area contributed by atoms with Crippen LogP contribution in [0.25, 0.3) is 11.4 Å². The summed E-state index contributed by atoms with van der Waals surface area (Å²) in [5.41, 5.74) is 0.924. The summed E-state index contributed by atoms with van der Waals surface area (Å²) in [6.07, 6.45) is 0. The Balaban J connectivity index is 2.51. The molecule has 0 N–H and O–H groups in total. The van der Waals surface area contributed by atoms with E-state index in [2.05, 4.69) is 14.7 Å². The first kappa shape index (κ1) is 16.3. The molecule has 0 aliphatic heterocycles. The van der Waals surface area contributed by atoms with Gasteiger partial charge in [0.15, 0.2) is 5.82 Å². The van der Waals surface area contributed by atoms with Gasteiger partial charge in [0, 0.05) is 7.11 Å². The molecule has 8 heteroatoms. The molecule has 0 spiro atoms. The summed E-state index contributed by atoms with van der Waals surface area (Å²) in [4.78, 5) is 8.43. The largest absolute Gasteiger partial charge is 0.434 e. The maximum absolute atomic E-state index is 12.4. The molecule has 0 aliphatic carbocycles. The highest BCUT2D eigenvalue weighted by atomic mass is 127. The number of halogens is 4. The van der Waals surface area contributed by atoms with Gasteiger partial charge in [0.05, 0.1) is 21.4 Å². The molecule has 0 fully saturated rings. The summed E-state index contributed by atoms with van der Waals surface area (Å²) in [6, 6.07) is 6.28. The monoisotopic (exact) mass is 426 g/mol. The zero-order chi connectivity index (χ0) is 15.4. The molecule has 0 saturated carbocycles. The highest BCUT2D eigenvalue weighted by molar-refractivity contribution is 14.1. The maximum Gasteiger partial charge on any atom is 0.387 e. The molecule has 1 aromatic carbocycles. The summed E-state index contributed by atoms with van der Waals surface area (Å²) in [6.45, 7) is -2.69. The number of methoxy groups -OCH3 is 1. The Kier molecular flexibility index (Phi) is 5.65. The molecule has 0 aliphatic rings. The molecule has 2 aromatic rings. The standard InChI is InChI=1S/C13H10ClF2IN2O2/c1-20-6-8-10(17)11(14)19-12(18-8)7-4-2-3-5-9(7)21-13(15)16/h2-5,13H,6H2,1H3. The number of hydrogen-bond acceptors (Lipinski definition) is 4. The molecule has 1 heterocycles. The van der Waals surface area contributed by atoms with Gasteiger partial charge >= 0.3 is 6.61 Å². The van der Waals surface area contributed by atoms with Gasteiger partial charge in [0.1, 0.15) is 10.9 Å². The van der Waals surface area contributed by atoms with Gasteiger partial charge in [-0.1, -0.05) is 23.7 Å². The van der Waals surface area contributed by atoms with Crippen LogP contribution >= 0.6 is 34.2 Å². The van der Waals surface area contributed by atoms with Gasteiger partial charge in [0.25, 0.3) is 0 Å². The topological polar surface area (TPSA) is 44.2 Å². The molecule has 112 valence electrons. The molecule has 1 aromatic heterocycles. The van der Waals surface area contributed by atoms with E-state index in [0.29, 0.717) is 14.8 Å². The lowest BCUT2D eigenvalue weighted by molar-refractivity contribution is -0.0494. The van der Waals surface area contributed by atoms with Gasteiger partial charge in [-0.15, -0.1) is 0 Å². The predicted octanol–water partition coefficient (Wildman–Crippen LogP) is 4.15. The Labute approximate surface area is 138 Å². The minimum Gasteiger partial charge on any atom is -0.434 e. The van der Waals surface area contributed by atoms with Gasteiger partial charge in [0.2, 0.25) is 0 Å². The Morgan fingerprint density at radius 1 is 1.29 bits per heavy atom. The van der Waals surface area contributed by atoms with Crippen molar-refractivity contribution < 1.29 is 18.3 Å². The second kappa shape index (κ2) is 7.28. The normalized spacial score (nSPS) is 11.0. The summed E-state index contributed by atoms with van der Waals surface area (Å²) in [7, 11) is 1.53. The van der Waals surface area contributed by atoms with Crippen molar-refractivity contribution in [2.45, 2.75) is 13.2 Å². The molecule has 0 saturated heterocycles. The summed E-state index contributed by atoms with van der Waals surface area (Å²) < 4.78 is 35.1. The van der Waals surface area contributed by atoms with Crippen LogP contribution < -0.4 is 4.74 Å². The average molecular weight is 427 g/mol. The molecular formula is C13H10ClF2IN2O2. The van der Waals surface area contributed by atoms with Gasteiger partial charge in [-0.2, -0.15) is 8.78 Å². The number of ether oxygens (including phenoxy) is 2. The van der Waals surface area contributed by atoms with Crippen LogP contribution in [0.15, 0.2) is 24.3 Å². The van der Waals surface area contributed by atoms with Crippen molar-refractivity contribution in [3.63, 3.8) is 0 Å². The van der Waals surface area contributed by atoms with Crippen molar-refractivity contribution in [1.29, 1.82) is 0 Å². The minimum atomic E-state index is -2.93. The molecular weight excluding hydrogens is 417 g/mol. The van der Waals surface area contributed by atoms with E-state index >= 15 is 0 Å². The zero-order valence-corrected chi connectivity index (χ0v) is 13.7. The first-order valence-electron chi connectivity index (χ1n) is 5.78. The predicted molar refractivity (Wildman–Crippen MR) is 82.5 cm³/mol. The van der Waals surface area contributed by atoms with Gasteiger partial charge in [-0.25, -0.2) is 9.97 Å². The third-order valence-corrected chi connectivity index (χ3v) is 4.23. The molecule has 2 rings (SSSR count). The Bertz CT molecular complexity index is 644. The van der Waals surface area contributed by atoms with E-state index in [1.54, 1.807) is 18.2 Å². The van der Waals surface area contributed by atoms with Crippen LogP contribution in [0.1, 0.15) is 5.69 Å². The Hall–Kier alpha value is -1.06. The van der Waals surface area contributed by atoms with E-state index in [1.165, 1.54) is 13.2 Å². The number of hydrogen-bond donors (Lipinski definition) is 0. The Morgan fingerprint density at radius 2 is 2.00 bits per heavy atom. The molecule has 0 bridgehead atoms. The van der Waals surface area contributed by atoms with Crippen LogP contribution in [0.4, 0.5) is 8.78 Å². The fourth-order valence-electron chi connectivity index (χ4n) is 1.67. The van der Waals surface area contributed by atoms with E-state index in [-0.39, 0.29) is 23.3 Å². The quantitative estimate of drug-likeness (QED) is 0.532. The van der Waals surface area contributed by atoms with Crippen LogP contribution in [0, 0.1) is 3.57 Å². The summed E-state index contributed by atoms with van der Waals surface area (Å²) >= 11 is 8.06. The van der Waals surface area contributed by atoms with Crippen molar-refractivity contribution in [2.75, 3.05) is 7.11 Å². The lowest BCUT2D eigenvalue weighted by Gasteiger charge is -2.11. The van der Waals surface area contributed by atoms with Gasteiger partial charge in [-0.3, -0.25) is 0 Å². The third kappa shape index (κ3) is 3.98. The Morgan fingerprint density at radius 3 is 2.67 bits per heavy atom. The fraction of sp³-hybridized carbons (Fsp3) is 0.231. The zero-order valence-electron chi connectivity index (χ0n) is 10.8. The van der Waals surface area contributed by atoms with E-state index in [4.69, 9.17) is 16.3 Å². The third-order valence-electron chi connectivity index (χ3n) is 2.50. The first-order chi connectivity index (χ1) is 10.0. The fourth-order valence-corrected chi connectivity index (χ4v) is 2.25. The van der Waals surface area contributed by atoms with Crippen LogP contribution in [-0.2, 0) is 11.3 Å². The van der Waals surface area contributed by atoms with Crippen molar-refractivity contribution in [1.82, 2.24) is 9.97 Å². The van der Waals surface area contributed by atoms with Crippen molar-refractivity contribution in [3.05, 3.63) is 38.7 Å². The number of para-hydroxylation sites is 1. The van der Waals surface area contributed by atoms with E-state index in [1.807, 2.05) is 22.6 Å². The number of benzene rings is 1. The van der Waals surface area contributed by atoms with Crippen LogP contribution in [0.5, 0.6) is 5.75 Å². The first-order valence-corrected chi connectivity index (χ1v) is 7.23. The minimum absolute atomic E-state index is 0.00635. The number of rotatable bonds is 5. The smallest absolute Gasteiger partial charge is 0.387 e. The lowest BCUT2D eigenvalue weighted by Crippen LogP contribution is -2.06. The van der Waals surface area contributed by atoms with Crippen molar-refractivity contribution >= 4 is 34.2 Å². The molecule has 0 amide bonds. The molecule has 0 radical (unpaired) electrons. The highest BCUT2D eigenvalue weighted by Gasteiger charge is 2.16. The van der Waals surface area contributed by atoms with Crippen LogP contribution in [0.3, 0.4) is 0 Å². The van der Waals surface area contributed by atoms with E-state index < -0.39 is 6.61 Å². The summed E-state index contributed by atoms with van der Waals surface area (Å²) in [5.74, 6) is 0.205. The maximum atomic E-state index is 12.4. The second-order valence-electron chi connectivity index (χ2n) is 3.91. The summed E-state index contributed by atoms with van der Waals surface area (Å²) in [5, 5.41) is 0.236. The van der Waals surface area contributed by atoms with Crippen LogP contribution in [-0.4, -0.2) is 23.7 Å². The second-order valence-corrected chi connectivity index (χ2v) is 5.34. The number of aromatic nitrogens is 2. The van der Waals surface area contributed by atoms with E-state index in [0.717, 1.165) is 0 Å². The molecule has 0 atom stereocenters. The lowest BCUT2D eigenvalue weighted by atomic mass is 10.2.